The van der Waals surface area contributed by atoms with Crippen LogP contribution in [-0.4, -0.2) is 40.4 Å². The zero-order chi connectivity index (χ0) is 19.5. The summed E-state index contributed by atoms with van der Waals surface area (Å²) in [5, 5.41) is 28.8. The average Bonchev–Trinajstić information content (AvgIpc) is 2.58. The van der Waals surface area contributed by atoms with Gasteiger partial charge in [-0.15, -0.1) is 20.2 Å². The number of hydrogen-bond donors (Lipinski definition) is 0. The fourth-order valence-electron chi connectivity index (χ4n) is 1.87. The quantitative estimate of drug-likeness (QED) is 0.227. The van der Waals surface area contributed by atoms with Gasteiger partial charge in [-0.3, -0.25) is 10.1 Å². The Kier molecular flexibility index (Phi) is 8.19. The fourth-order valence-corrected chi connectivity index (χ4v) is 1.87. The Morgan fingerprint density at radius 1 is 1.00 bits per heavy atom. The van der Waals surface area contributed by atoms with Crippen molar-refractivity contribution in [3.05, 3.63) is 60.2 Å². The number of carbonyl (C=O) groups is 1. The number of nitro groups is 1. The molecular formula is C13H15N3O10. The number of benzene rings is 1. The number of esters is 1. The van der Waals surface area contributed by atoms with E-state index in [4.69, 9.17) is 4.74 Å². The molecule has 1 unspecified atom stereocenters. The highest BCUT2D eigenvalue weighted by Gasteiger charge is 2.16. The van der Waals surface area contributed by atoms with Crippen LogP contribution >= 0.6 is 0 Å². The average molecular weight is 373 g/mol. The highest BCUT2D eigenvalue weighted by molar-refractivity contribution is 5.89. The predicted octanol–water partition coefficient (Wildman–Crippen LogP) is 1.71. The predicted molar refractivity (Wildman–Crippen MR) is 82.0 cm³/mol. The Labute approximate surface area is 145 Å². The summed E-state index contributed by atoms with van der Waals surface area (Å²) in [4.78, 5) is 50.4. The van der Waals surface area contributed by atoms with Gasteiger partial charge in [0, 0.05) is 12.1 Å². The van der Waals surface area contributed by atoms with Gasteiger partial charge < -0.3 is 14.4 Å². The van der Waals surface area contributed by atoms with Gasteiger partial charge >= 0.3 is 5.97 Å². The number of hydrogen-bond acceptors (Lipinski definition) is 10. The van der Waals surface area contributed by atoms with Gasteiger partial charge in [0.25, 0.3) is 15.9 Å². The molecule has 0 aliphatic heterocycles. The fraction of sp³-hybridized carbons (Fsp3) is 0.462. The van der Waals surface area contributed by atoms with Crippen LogP contribution in [-0.2, 0) is 14.4 Å². The van der Waals surface area contributed by atoms with E-state index in [9.17, 15) is 35.1 Å². The Morgan fingerprint density at radius 2 is 1.65 bits per heavy atom. The number of carbonyl (C=O) groups excluding carboxylic acids is 1. The van der Waals surface area contributed by atoms with Crippen molar-refractivity contribution in [2.75, 3.05) is 13.2 Å². The van der Waals surface area contributed by atoms with Crippen LogP contribution in [0.5, 0.6) is 0 Å². The molecule has 13 nitrogen and oxygen atoms in total. The summed E-state index contributed by atoms with van der Waals surface area (Å²) in [6, 6.07) is 4.86. The molecule has 0 radical (unpaired) electrons. The Morgan fingerprint density at radius 3 is 2.19 bits per heavy atom. The number of nitro benzene ring substituents is 1. The van der Waals surface area contributed by atoms with Crippen LogP contribution < -0.4 is 0 Å². The summed E-state index contributed by atoms with van der Waals surface area (Å²) in [7, 11) is 0. The maximum atomic E-state index is 11.7. The van der Waals surface area contributed by atoms with Crippen LogP contribution in [0.2, 0.25) is 0 Å². The van der Waals surface area contributed by atoms with Crippen molar-refractivity contribution in [1.29, 1.82) is 0 Å². The van der Waals surface area contributed by atoms with Crippen molar-refractivity contribution >= 4 is 11.7 Å². The molecule has 142 valence electrons. The smallest absolute Gasteiger partial charge is 0.338 e. The maximum Gasteiger partial charge on any atom is 0.338 e. The van der Waals surface area contributed by atoms with E-state index in [-0.39, 0.29) is 24.3 Å². The van der Waals surface area contributed by atoms with Crippen LogP contribution in [0.15, 0.2) is 24.3 Å². The normalized spacial score (nSPS) is 11.2. The summed E-state index contributed by atoms with van der Waals surface area (Å²) < 4.78 is 4.97. The summed E-state index contributed by atoms with van der Waals surface area (Å²) in [6.07, 6.45) is -0.369. The van der Waals surface area contributed by atoms with Crippen molar-refractivity contribution in [3.63, 3.8) is 0 Å². The van der Waals surface area contributed by atoms with Crippen molar-refractivity contribution < 1.29 is 34.3 Å². The van der Waals surface area contributed by atoms with Crippen LogP contribution in [0.4, 0.5) is 5.69 Å². The first-order chi connectivity index (χ1) is 12.3. The molecule has 0 saturated heterocycles. The van der Waals surface area contributed by atoms with Gasteiger partial charge in [0.1, 0.15) is 12.7 Å². The van der Waals surface area contributed by atoms with Crippen LogP contribution in [0.1, 0.15) is 29.6 Å². The molecule has 0 amide bonds. The minimum atomic E-state index is -1.11. The van der Waals surface area contributed by atoms with E-state index in [0.29, 0.717) is 12.8 Å². The van der Waals surface area contributed by atoms with Gasteiger partial charge in [-0.2, -0.15) is 0 Å². The second kappa shape index (κ2) is 10.4. The maximum absolute atomic E-state index is 11.7. The lowest BCUT2D eigenvalue weighted by Gasteiger charge is -2.13. The van der Waals surface area contributed by atoms with E-state index in [0.717, 1.165) is 0 Å². The van der Waals surface area contributed by atoms with E-state index in [1.807, 2.05) is 0 Å². The lowest BCUT2D eigenvalue weighted by molar-refractivity contribution is -0.790. The minimum Gasteiger partial charge on any atom is -0.462 e. The molecule has 0 aliphatic carbocycles. The Bertz CT molecular complexity index is 648. The van der Waals surface area contributed by atoms with E-state index < -0.39 is 33.8 Å². The Hall–Kier alpha value is -3.51. The summed E-state index contributed by atoms with van der Waals surface area (Å²) in [6.45, 7) is -0.590. The van der Waals surface area contributed by atoms with Gasteiger partial charge in [-0.25, -0.2) is 4.79 Å². The monoisotopic (exact) mass is 373 g/mol. The lowest BCUT2D eigenvalue weighted by atomic mass is 10.1. The summed E-state index contributed by atoms with van der Waals surface area (Å²) in [5.41, 5.74) is -0.0140. The number of non-ortho nitro benzene ring substituents is 1. The molecule has 0 spiro atoms. The SMILES string of the molecule is O=C(OCCCCC(CO[N+](=O)[O-])O[N+](=O)[O-])c1ccc([N+](=O)[O-])cc1. The first-order valence-electron chi connectivity index (χ1n) is 7.29. The van der Waals surface area contributed by atoms with Crippen molar-refractivity contribution in [1.82, 2.24) is 0 Å². The van der Waals surface area contributed by atoms with Crippen LogP contribution in [0.3, 0.4) is 0 Å². The molecule has 1 aromatic carbocycles. The lowest BCUT2D eigenvalue weighted by Crippen LogP contribution is -2.24. The highest BCUT2D eigenvalue weighted by atomic mass is 17.0. The molecule has 0 fully saturated rings. The second-order valence-corrected chi connectivity index (χ2v) is 4.91. The molecule has 0 heterocycles. The molecule has 1 aromatic rings. The van der Waals surface area contributed by atoms with E-state index >= 15 is 0 Å². The molecule has 13 heteroatoms. The van der Waals surface area contributed by atoms with E-state index in [1.165, 1.54) is 24.3 Å². The minimum absolute atomic E-state index is 0.00288. The topological polar surface area (TPSA) is 174 Å². The largest absolute Gasteiger partial charge is 0.462 e. The van der Waals surface area contributed by atoms with E-state index in [2.05, 4.69) is 9.68 Å². The molecule has 0 bridgehead atoms. The zero-order valence-corrected chi connectivity index (χ0v) is 13.3. The molecule has 0 saturated carbocycles. The van der Waals surface area contributed by atoms with Crippen LogP contribution in [0, 0.1) is 30.3 Å². The first kappa shape index (κ1) is 20.5. The molecular weight excluding hydrogens is 358 g/mol. The van der Waals surface area contributed by atoms with Gasteiger partial charge in [0.05, 0.1) is 17.1 Å². The molecule has 0 aromatic heterocycles. The number of rotatable bonds is 12. The van der Waals surface area contributed by atoms with E-state index in [1.54, 1.807) is 0 Å². The van der Waals surface area contributed by atoms with Gasteiger partial charge in [0.2, 0.25) is 0 Å². The van der Waals surface area contributed by atoms with Crippen molar-refractivity contribution in [2.24, 2.45) is 0 Å². The molecule has 1 rings (SSSR count). The van der Waals surface area contributed by atoms with Crippen molar-refractivity contribution in [2.45, 2.75) is 25.4 Å². The van der Waals surface area contributed by atoms with Crippen molar-refractivity contribution in [3.8, 4) is 0 Å². The molecule has 0 aliphatic rings. The summed E-state index contributed by atoms with van der Waals surface area (Å²) in [5.74, 6) is -0.672. The van der Waals surface area contributed by atoms with Crippen LogP contribution in [0.25, 0.3) is 0 Å². The molecule has 26 heavy (non-hydrogen) atoms. The third-order valence-electron chi connectivity index (χ3n) is 3.07. The zero-order valence-electron chi connectivity index (χ0n) is 13.3. The number of nitrogens with zero attached hydrogens (tertiary/aromatic N) is 3. The number of unbranched alkanes of at least 4 members (excludes halogenated alkanes) is 1. The summed E-state index contributed by atoms with van der Waals surface area (Å²) >= 11 is 0. The number of ether oxygens (including phenoxy) is 1. The Balaban J connectivity index is 2.32. The highest BCUT2D eigenvalue weighted by Crippen LogP contribution is 2.13. The second-order valence-electron chi connectivity index (χ2n) is 4.91. The van der Waals surface area contributed by atoms with Gasteiger partial charge in [-0.1, -0.05) is 0 Å². The first-order valence-corrected chi connectivity index (χ1v) is 7.29. The van der Waals surface area contributed by atoms with Gasteiger partial charge in [-0.05, 0) is 31.4 Å². The third-order valence-corrected chi connectivity index (χ3v) is 3.07. The van der Waals surface area contributed by atoms with Gasteiger partial charge in [0.15, 0.2) is 0 Å². The standard InChI is InChI=1S/C13H15N3O10/c17-13(10-4-6-11(7-5-10)14(18)19)24-8-2-1-3-12(26-16(22)23)9-25-15(20)21/h4-7,12H,1-3,8-9H2. The molecule has 0 N–H and O–H groups in total. The third kappa shape index (κ3) is 7.85. The molecule has 1 atom stereocenters.